The Morgan fingerprint density at radius 2 is 2.13 bits per heavy atom. The number of ether oxygens (including phenoxy) is 1. The summed E-state index contributed by atoms with van der Waals surface area (Å²) in [6.07, 6.45) is 8.27. The second kappa shape index (κ2) is 9.13. The molecule has 134 valence electrons. The fourth-order valence-electron chi connectivity index (χ4n) is 4.11. The number of halogens is 1. The maximum atomic E-state index is 5.95. The van der Waals surface area contributed by atoms with E-state index in [9.17, 15) is 0 Å². The van der Waals surface area contributed by atoms with E-state index in [4.69, 9.17) is 9.73 Å². The number of thioether (sulfide) groups is 1. The third-order valence-electron chi connectivity index (χ3n) is 5.57. The number of hydrogen-bond donors (Lipinski definition) is 2. The van der Waals surface area contributed by atoms with E-state index in [0.717, 1.165) is 37.3 Å². The number of nitrogens with one attached hydrogen (secondary N) is 2. The van der Waals surface area contributed by atoms with E-state index < -0.39 is 0 Å². The summed E-state index contributed by atoms with van der Waals surface area (Å²) < 4.78 is 5.95. The molecule has 0 amide bonds. The maximum absolute atomic E-state index is 5.95. The topological polar surface area (TPSA) is 45.7 Å². The summed E-state index contributed by atoms with van der Waals surface area (Å²) in [6, 6.07) is 0.548. The van der Waals surface area contributed by atoms with Crippen molar-refractivity contribution in [1.29, 1.82) is 0 Å². The van der Waals surface area contributed by atoms with E-state index in [2.05, 4.69) is 36.2 Å². The van der Waals surface area contributed by atoms with Crippen molar-refractivity contribution in [3.05, 3.63) is 0 Å². The molecule has 2 saturated carbocycles. The molecule has 1 saturated heterocycles. The van der Waals surface area contributed by atoms with Crippen molar-refractivity contribution in [1.82, 2.24) is 10.6 Å². The van der Waals surface area contributed by atoms with E-state index in [1.165, 1.54) is 37.9 Å². The van der Waals surface area contributed by atoms with Gasteiger partial charge in [-0.05, 0) is 51.7 Å². The predicted octanol–water partition coefficient (Wildman–Crippen LogP) is 3.40. The van der Waals surface area contributed by atoms with Crippen LogP contribution in [0.15, 0.2) is 4.99 Å². The Hall–Kier alpha value is 0.310. The molecule has 2 N–H and O–H groups in total. The monoisotopic (exact) mass is 453 g/mol. The molecule has 0 aromatic rings. The molecule has 0 radical (unpaired) electrons. The Kier molecular flexibility index (Phi) is 7.79. The van der Waals surface area contributed by atoms with Gasteiger partial charge in [0.25, 0.3) is 0 Å². The van der Waals surface area contributed by atoms with E-state index in [1.807, 2.05) is 0 Å². The maximum Gasteiger partial charge on any atom is 0.191 e. The summed E-state index contributed by atoms with van der Waals surface area (Å²) in [6.45, 7) is 6.97. The number of aliphatic imine (C=N–C) groups is 1. The van der Waals surface area contributed by atoms with Crippen LogP contribution in [-0.2, 0) is 4.74 Å². The van der Waals surface area contributed by atoms with Gasteiger partial charge in [-0.1, -0.05) is 6.42 Å². The summed E-state index contributed by atoms with van der Waals surface area (Å²) in [5, 5.41) is 7.86. The van der Waals surface area contributed by atoms with E-state index in [-0.39, 0.29) is 24.0 Å². The Morgan fingerprint density at radius 1 is 1.30 bits per heavy atom. The number of nitrogens with zero attached hydrogens (tertiary/aromatic N) is 1. The number of guanidine groups is 1. The minimum atomic E-state index is 0. The first-order valence-electron chi connectivity index (χ1n) is 9.06. The van der Waals surface area contributed by atoms with Gasteiger partial charge in [0.2, 0.25) is 0 Å². The van der Waals surface area contributed by atoms with Gasteiger partial charge in [0, 0.05) is 29.9 Å². The van der Waals surface area contributed by atoms with E-state index >= 15 is 0 Å². The summed E-state index contributed by atoms with van der Waals surface area (Å²) in [7, 11) is 0. The van der Waals surface area contributed by atoms with Crippen molar-refractivity contribution in [3.63, 3.8) is 0 Å². The summed E-state index contributed by atoms with van der Waals surface area (Å²) in [4.78, 5) is 4.85. The van der Waals surface area contributed by atoms with Crippen LogP contribution in [0.25, 0.3) is 0 Å². The van der Waals surface area contributed by atoms with Gasteiger partial charge < -0.3 is 15.4 Å². The van der Waals surface area contributed by atoms with Crippen LogP contribution >= 0.6 is 35.7 Å². The minimum Gasteiger partial charge on any atom is -0.378 e. The molecule has 3 fully saturated rings. The lowest BCUT2D eigenvalue weighted by Gasteiger charge is -2.61. The van der Waals surface area contributed by atoms with Crippen LogP contribution in [0.1, 0.15) is 52.4 Å². The van der Waals surface area contributed by atoms with Gasteiger partial charge in [0.1, 0.15) is 0 Å². The lowest BCUT2D eigenvalue weighted by atomic mass is 9.51. The molecular weight excluding hydrogens is 421 g/mol. The van der Waals surface area contributed by atoms with Crippen LogP contribution in [0.3, 0.4) is 0 Å². The molecule has 4 nitrogen and oxygen atoms in total. The summed E-state index contributed by atoms with van der Waals surface area (Å²) >= 11 is 2.08. The highest BCUT2D eigenvalue weighted by atomic mass is 127. The minimum absolute atomic E-state index is 0. The molecule has 3 rings (SSSR count). The SMILES string of the molecule is CCNC(=NCC1CCCS1)NC1CC(OCC)C12CCC2.I. The smallest absolute Gasteiger partial charge is 0.191 e. The number of hydrogen-bond acceptors (Lipinski definition) is 3. The second-order valence-electron chi connectivity index (χ2n) is 6.82. The average Bonchev–Trinajstić information content (AvgIpc) is 2.95. The lowest BCUT2D eigenvalue weighted by Crippen LogP contribution is -2.68. The first-order valence-corrected chi connectivity index (χ1v) is 10.1. The quantitative estimate of drug-likeness (QED) is 0.368. The van der Waals surface area contributed by atoms with Crippen molar-refractivity contribution in [2.24, 2.45) is 10.4 Å². The van der Waals surface area contributed by atoms with Gasteiger partial charge in [0.05, 0.1) is 12.6 Å². The van der Waals surface area contributed by atoms with Crippen LogP contribution in [0.4, 0.5) is 0 Å². The highest BCUT2D eigenvalue weighted by Crippen LogP contribution is 2.57. The molecule has 0 bridgehead atoms. The van der Waals surface area contributed by atoms with E-state index in [1.54, 1.807) is 0 Å². The largest absolute Gasteiger partial charge is 0.378 e. The average molecular weight is 453 g/mol. The van der Waals surface area contributed by atoms with Crippen LogP contribution in [0, 0.1) is 5.41 Å². The highest BCUT2D eigenvalue weighted by molar-refractivity contribution is 14.0. The summed E-state index contributed by atoms with van der Waals surface area (Å²) in [5.74, 6) is 2.33. The standard InChI is InChI=1S/C17H31N3OS.HI/c1-3-18-16(19-12-13-7-5-10-22-13)20-14-11-15(21-4-2)17(14)8-6-9-17;/h13-15H,3-12H2,1-2H3,(H2,18,19,20);1H. The third kappa shape index (κ3) is 4.29. The first-order chi connectivity index (χ1) is 10.8. The molecule has 3 unspecified atom stereocenters. The van der Waals surface area contributed by atoms with Gasteiger partial charge in [0.15, 0.2) is 5.96 Å². The predicted molar refractivity (Wildman–Crippen MR) is 110 cm³/mol. The van der Waals surface area contributed by atoms with Gasteiger partial charge in [-0.3, -0.25) is 4.99 Å². The van der Waals surface area contributed by atoms with Gasteiger partial charge >= 0.3 is 0 Å². The van der Waals surface area contributed by atoms with Crippen molar-refractivity contribution < 1.29 is 4.74 Å². The van der Waals surface area contributed by atoms with Crippen LogP contribution in [-0.4, -0.2) is 48.8 Å². The Balaban J connectivity index is 0.00000192. The zero-order chi connectivity index (χ0) is 15.4. The fourth-order valence-corrected chi connectivity index (χ4v) is 5.29. The van der Waals surface area contributed by atoms with Crippen molar-refractivity contribution in [3.8, 4) is 0 Å². The van der Waals surface area contributed by atoms with Crippen molar-refractivity contribution in [2.75, 3.05) is 25.4 Å². The van der Waals surface area contributed by atoms with Crippen LogP contribution in [0.2, 0.25) is 0 Å². The lowest BCUT2D eigenvalue weighted by molar-refractivity contribution is -0.168. The van der Waals surface area contributed by atoms with Crippen molar-refractivity contribution in [2.45, 2.75) is 69.8 Å². The molecular formula is C17H32IN3OS. The zero-order valence-corrected chi connectivity index (χ0v) is 17.6. The fraction of sp³-hybridized carbons (Fsp3) is 0.941. The first kappa shape index (κ1) is 19.6. The molecule has 3 aliphatic rings. The van der Waals surface area contributed by atoms with Gasteiger partial charge in [-0.25, -0.2) is 0 Å². The molecule has 3 atom stereocenters. The van der Waals surface area contributed by atoms with Crippen LogP contribution in [0.5, 0.6) is 0 Å². The molecule has 6 heteroatoms. The normalized spacial score (nSPS) is 31.9. The Labute approximate surface area is 162 Å². The third-order valence-corrected chi connectivity index (χ3v) is 6.95. The molecule has 0 aromatic carbocycles. The van der Waals surface area contributed by atoms with E-state index in [0.29, 0.717) is 17.6 Å². The Morgan fingerprint density at radius 3 is 2.70 bits per heavy atom. The molecule has 2 aliphatic carbocycles. The molecule has 0 aromatic heterocycles. The highest BCUT2D eigenvalue weighted by Gasteiger charge is 2.59. The molecule has 1 aliphatic heterocycles. The number of rotatable bonds is 6. The Bertz CT molecular complexity index is 397. The molecule has 23 heavy (non-hydrogen) atoms. The molecule has 1 spiro atoms. The van der Waals surface area contributed by atoms with Gasteiger partial charge in [-0.2, -0.15) is 11.8 Å². The summed E-state index contributed by atoms with van der Waals surface area (Å²) in [5.41, 5.74) is 0.397. The zero-order valence-electron chi connectivity index (χ0n) is 14.5. The second-order valence-corrected chi connectivity index (χ2v) is 8.23. The van der Waals surface area contributed by atoms with Gasteiger partial charge in [-0.15, -0.1) is 24.0 Å². The van der Waals surface area contributed by atoms with Crippen LogP contribution < -0.4 is 10.6 Å². The molecule has 1 heterocycles. The van der Waals surface area contributed by atoms with Crippen molar-refractivity contribution >= 4 is 41.7 Å².